The lowest BCUT2D eigenvalue weighted by atomic mass is 9.84. The van der Waals surface area contributed by atoms with Crippen molar-refractivity contribution in [2.45, 2.75) is 78.5 Å². The molecule has 0 saturated heterocycles. The normalized spacial score (nSPS) is 12.6. The van der Waals surface area contributed by atoms with Crippen LogP contribution < -0.4 is 21.7 Å². The van der Waals surface area contributed by atoms with Crippen molar-refractivity contribution in [1.82, 2.24) is 10.6 Å². The molecule has 0 aliphatic rings. The molecule has 0 radical (unpaired) electrons. The van der Waals surface area contributed by atoms with Crippen LogP contribution in [-0.2, 0) is 32.1 Å². The zero-order valence-corrected chi connectivity index (χ0v) is 23.4. The van der Waals surface area contributed by atoms with E-state index in [9.17, 15) is 19.2 Å². The number of hydrogen-bond donors (Lipinski definition) is 4. The Hall–Kier alpha value is -3.72. The molecule has 0 unspecified atom stereocenters. The number of carbonyl (C=O) groups is 4. The predicted molar refractivity (Wildman–Crippen MR) is 152 cm³/mol. The third-order valence-electron chi connectivity index (χ3n) is 6.12. The molecule has 0 saturated carbocycles. The zero-order chi connectivity index (χ0) is 28.8. The lowest BCUT2D eigenvalue weighted by molar-refractivity contribution is -0.144. The third-order valence-corrected chi connectivity index (χ3v) is 6.12. The number of nitrogens with two attached hydrogens (primary N) is 1. The van der Waals surface area contributed by atoms with Crippen molar-refractivity contribution in [3.8, 4) is 0 Å². The number of unbranched alkanes of at least 4 members (excludes halogenated alkanes) is 1. The first-order chi connectivity index (χ1) is 18.5. The first kappa shape index (κ1) is 31.5. The van der Waals surface area contributed by atoms with Crippen molar-refractivity contribution in [2.75, 3.05) is 11.9 Å². The molecule has 2 aromatic rings. The summed E-state index contributed by atoms with van der Waals surface area (Å²) in [4.78, 5) is 50.7. The Bertz CT molecular complexity index is 1080. The van der Waals surface area contributed by atoms with Crippen LogP contribution in [0.15, 0.2) is 54.6 Å². The second-order valence-corrected chi connectivity index (χ2v) is 10.5. The largest absolute Gasteiger partial charge is 0.461 e. The second kappa shape index (κ2) is 15.6. The fourth-order valence-corrected chi connectivity index (χ4v) is 3.89. The van der Waals surface area contributed by atoms with E-state index in [1.807, 2.05) is 51.1 Å². The first-order valence-electron chi connectivity index (χ1n) is 13.4. The van der Waals surface area contributed by atoms with Crippen LogP contribution in [0.2, 0.25) is 0 Å². The van der Waals surface area contributed by atoms with E-state index in [0.29, 0.717) is 44.3 Å². The van der Waals surface area contributed by atoms with Crippen LogP contribution in [0.5, 0.6) is 0 Å². The van der Waals surface area contributed by atoms with Gasteiger partial charge in [-0.1, -0.05) is 70.2 Å². The summed E-state index contributed by atoms with van der Waals surface area (Å²) >= 11 is 0. The van der Waals surface area contributed by atoms with Crippen molar-refractivity contribution in [2.24, 2.45) is 11.1 Å². The van der Waals surface area contributed by atoms with E-state index in [2.05, 4.69) is 16.0 Å². The second-order valence-electron chi connectivity index (χ2n) is 10.5. The maximum atomic E-state index is 13.4. The molecule has 212 valence electrons. The van der Waals surface area contributed by atoms with Gasteiger partial charge in [0, 0.05) is 17.5 Å². The van der Waals surface area contributed by atoms with Gasteiger partial charge >= 0.3 is 12.0 Å². The highest BCUT2D eigenvalue weighted by Gasteiger charge is 2.32. The molecule has 2 rings (SSSR count). The number of nitrogens with one attached hydrogen (secondary N) is 3. The van der Waals surface area contributed by atoms with Crippen LogP contribution in [0.3, 0.4) is 0 Å². The summed E-state index contributed by atoms with van der Waals surface area (Å²) in [6.45, 7) is 7.82. The maximum absolute atomic E-state index is 13.4. The van der Waals surface area contributed by atoms with E-state index in [-0.39, 0.29) is 18.4 Å². The number of urea groups is 1. The minimum absolute atomic E-state index is 0.0884. The predicted octanol–water partition coefficient (Wildman–Crippen LogP) is 4.10. The van der Waals surface area contributed by atoms with Gasteiger partial charge in [-0.2, -0.15) is 0 Å². The van der Waals surface area contributed by atoms with Crippen molar-refractivity contribution in [1.29, 1.82) is 0 Å². The minimum Gasteiger partial charge on any atom is -0.461 e. The topological polar surface area (TPSA) is 140 Å². The number of Topliss-reactive ketones (excluding diaryl/α,β-unsaturated/α-hetero) is 1. The highest BCUT2D eigenvalue weighted by molar-refractivity contribution is 5.96. The molecule has 0 aromatic heterocycles. The number of ether oxygens (including phenoxy) is 1. The molecule has 2 atom stereocenters. The summed E-state index contributed by atoms with van der Waals surface area (Å²) < 4.78 is 5.11. The van der Waals surface area contributed by atoms with Gasteiger partial charge in [-0.3, -0.25) is 14.4 Å². The molecular formula is C30H42N4O5. The molecule has 39 heavy (non-hydrogen) atoms. The number of rotatable bonds is 14. The molecule has 0 spiro atoms. The molecule has 5 N–H and O–H groups in total. The third kappa shape index (κ3) is 11.3. The Morgan fingerprint density at radius 1 is 0.872 bits per heavy atom. The fourth-order valence-electron chi connectivity index (χ4n) is 3.89. The van der Waals surface area contributed by atoms with Gasteiger partial charge in [-0.15, -0.1) is 0 Å². The zero-order valence-electron chi connectivity index (χ0n) is 23.4. The van der Waals surface area contributed by atoms with Crippen LogP contribution >= 0.6 is 0 Å². The van der Waals surface area contributed by atoms with Gasteiger partial charge in [0.2, 0.25) is 5.91 Å². The molecule has 2 aromatic carbocycles. The van der Waals surface area contributed by atoms with Crippen LogP contribution in [0.25, 0.3) is 0 Å². The number of benzene rings is 2. The number of ketones is 1. The molecule has 0 aliphatic carbocycles. The number of anilines is 1. The van der Waals surface area contributed by atoms with Crippen LogP contribution in [0.4, 0.5) is 10.5 Å². The van der Waals surface area contributed by atoms with Crippen LogP contribution in [0, 0.1) is 5.41 Å². The van der Waals surface area contributed by atoms with Gasteiger partial charge in [-0.05, 0) is 55.5 Å². The fraction of sp³-hybridized carbons (Fsp3) is 0.467. The van der Waals surface area contributed by atoms with Gasteiger partial charge in [0.05, 0.1) is 6.04 Å². The van der Waals surface area contributed by atoms with Crippen molar-refractivity contribution in [3.63, 3.8) is 0 Å². The Labute approximate surface area is 231 Å². The van der Waals surface area contributed by atoms with Crippen molar-refractivity contribution < 1.29 is 23.9 Å². The lowest BCUT2D eigenvalue weighted by Crippen LogP contribution is -2.54. The molecule has 0 bridgehead atoms. The monoisotopic (exact) mass is 538 g/mol. The van der Waals surface area contributed by atoms with Crippen LogP contribution in [-0.4, -0.2) is 42.3 Å². The van der Waals surface area contributed by atoms with Gasteiger partial charge < -0.3 is 26.4 Å². The molecule has 0 aliphatic heterocycles. The standard InChI is InChI=1S/C30H42N4O5/c1-5-26(35)39-20-22-14-16-23(17-15-22)32-29(38)34-24(13-9-10-18-31)28(37)33-25(27(36)30(2,3)4)19-21-11-7-6-8-12-21/h6-8,11-12,14-17,24-25H,5,9-10,13,18-20,31H2,1-4H3,(H,33,37)(H2,32,34,38)/t24-,25-/m0/s1. The van der Waals surface area contributed by atoms with E-state index in [4.69, 9.17) is 10.5 Å². The summed E-state index contributed by atoms with van der Waals surface area (Å²) in [6, 6.07) is 14.2. The Morgan fingerprint density at radius 2 is 1.54 bits per heavy atom. The highest BCUT2D eigenvalue weighted by atomic mass is 16.5. The molecule has 9 heteroatoms. The van der Waals surface area contributed by atoms with Gasteiger partial charge in [0.1, 0.15) is 12.6 Å². The van der Waals surface area contributed by atoms with Gasteiger partial charge in [0.25, 0.3) is 0 Å². The molecule has 9 nitrogen and oxygen atoms in total. The maximum Gasteiger partial charge on any atom is 0.319 e. The number of carbonyl (C=O) groups excluding carboxylic acids is 4. The molecule has 3 amide bonds. The van der Waals surface area contributed by atoms with Crippen molar-refractivity contribution in [3.05, 3.63) is 65.7 Å². The summed E-state index contributed by atoms with van der Waals surface area (Å²) in [7, 11) is 0. The smallest absolute Gasteiger partial charge is 0.319 e. The Kier molecular flexibility index (Phi) is 12.6. The molecular weight excluding hydrogens is 496 g/mol. The molecule has 0 fully saturated rings. The summed E-state index contributed by atoms with van der Waals surface area (Å²) in [5.41, 5.74) is 7.21. The number of amides is 3. The molecule has 0 heterocycles. The Morgan fingerprint density at radius 3 is 2.13 bits per heavy atom. The first-order valence-corrected chi connectivity index (χ1v) is 13.4. The lowest BCUT2D eigenvalue weighted by Gasteiger charge is -2.28. The minimum atomic E-state index is -0.852. The SMILES string of the molecule is CCC(=O)OCc1ccc(NC(=O)N[C@@H](CCCCN)C(=O)N[C@@H](Cc2ccccc2)C(=O)C(C)(C)C)cc1. The summed E-state index contributed by atoms with van der Waals surface area (Å²) in [5, 5.41) is 8.38. The van der Waals surface area contributed by atoms with E-state index in [1.165, 1.54) is 0 Å². The average Bonchev–Trinajstić information content (AvgIpc) is 2.91. The van der Waals surface area contributed by atoms with E-state index < -0.39 is 29.4 Å². The number of esters is 1. The van der Waals surface area contributed by atoms with Crippen molar-refractivity contribution >= 4 is 29.4 Å². The highest BCUT2D eigenvalue weighted by Crippen LogP contribution is 2.19. The van der Waals surface area contributed by atoms with E-state index in [0.717, 1.165) is 11.1 Å². The quantitative estimate of drug-likeness (QED) is 0.211. The summed E-state index contributed by atoms with van der Waals surface area (Å²) in [6.07, 6.45) is 2.36. The average molecular weight is 539 g/mol. The Balaban J connectivity index is 2.09. The van der Waals surface area contributed by atoms with E-state index in [1.54, 1.807) is 31.2 Å². The van der Waals surface area contributed by atoms with Gasteiger partial charge in [0.15, 0.2) is 5.78 Å². The van der Waals surface area contributed by atoms with Crippen LogP contribution in [0.1, 0.15) is 64.5 Å². The summed E-state index contributed by atoms with van der Waals surface area (Å²) in [5.74, 6) is -0.797. The number of hydrogen-bond acceptors (Lipinski definition) is 6. The van der Waals surface area contributed by atoms with Gasteiger partial charge in [-0.25, -0.2) is 4.79 Å². The van der Waals surface area contributed by atoms with E-state index >= 15 is 0 Å².